The van der Waals surface area contributed by atoms with Gasteiger partial charge in [-0.05, 0) is 41.7 Å². The van der Waals surface area contributed by atoms with E-state index in [0.717, 1.165) is 0 Å². The molecule has 2 unspecified atom stereocenters. The van der Waals surface area contributed by atoms with Crippen molar-refractivity contribution in [3.8, 4) is 6.07 Å². The smallest absolute Gasteiger partial charge is 0.0991 e. The fourth-order valence-electron chi connectivity index (χ4n) is 3.59. The first-order valence-electron chi connectivity index (χ1n) is 11.0. The van der Waals surface area contributed by atoms with Crippen LogP contribution in [-0.4, -0.2) is 0 Å². The number of rotatable bonds is 13. The standard InChI is InChI=1S/C26H33Br2N/c1-2-3-4-5-6-7-8-9-10-11-21-12-16-23(17-13-21)25(27)26(28)24-18-14-22(20-29)15-19-24/h12-19,25-26H,2-11H2,1H3. The number of nitrogens with zero attached hydrogens (tertiary/aromatic N) is 1. The highest BCUT2D eigenvalue weighted by molar-refractivity contribution is 9.12. The van der Waals surface area contributed by atoms with Crippen LogP contribution in [0.1, 0.15) is 96.6 Å². The molecule has 0 aliphatic carbocycles. The van der Waals surface area contributed by atoms with Crippen molar-refractivity contribution in [3.05, 3.63) is 70.8 Å². The molecule has 0 saturated carbocycles. The summed E-state index contributed by atoms with van der Waals surface area (Å²) < 4.78 is 0. The van der Waals surface area contributed by atoms with E-state index in [0.29, 0.717) is 5.56 Å². The zero-order valence-electron chi connectivity index (χ0n) is 17.5. The van der Waals surface area contributed by atoms with Gasteiger partial charge in [0.15, 0.2) is 0 Å². The van der Waals surface area contributed by atoms with Gasteiger partial charge in [0.1, 0.15) is 0 Å². The molecule has 2 aromatic carbocycles. The molecule has 1 nitrogen and oxygen atoms in total. The van der Waals surface area contributed by atoms with E-state index in [1.165, 1.54) is 80.9 Å². The Morgan fingerprint density at radius 2 is 1.14 bits per heavy atom. The van der Waals surface area contributed by atoms with Gasteiger partial charge in [-0.25, -0.2) is 0 Å². The fourth-order valence-corrected chi connectivity index (χ4v) is 4.81. The third-order valence-electron chi connectivity index (χ3n) is 5.48. The molecule has 0 spiro atoms. The molecule has 0 aliphatic rings. The molecule has 0 aliphatic heterocycles. The van der Waals surface area contributed by atoms with Crippen LogP contribution >= 0.6 is 31.9 Å². The minimum Gasteiger partial charge on any atom is -0.192 e. The molecule has 2 rings (SSSR count). The number of benzene rings is 2. The quantitative estimate of drug-likeness (QED) is 0.191. The predicted octanol–water partition coefficient (Wildman–Crippen LogP) is 9.20. The molecule has 2 atom stereocenters. The highest BCUT2D eigenvalue weighted by Gasteiger charge is 2.19. The summed E-state index contributed by atoms with van der Waals surface area (Å²) in [5, 5.41) is 8.95. The molecule has 0 amide bonds. The number of hydrogen-bond acceptors (Lipinski definition) is 1. The number of alkyl halides is 2. The van der Waals surface area contributed by atoms with E-state index in [9.17, 15) is 0 Å². The molecule has 0 N–H and O–H groups in total. The van der Waals surface area contributed by atoms with Gasteiger partial charge in [-0.1, -0.05) is 127 Å². The van der Waals surface area contributed by atoms with Crippen molar-refractivity contribution in [1.82, 2.24) is 0 Å². The van der Waals surface area contributed by atoms with E-state index in [2.05, 4.69) is 69.1 Å². The Morgan fingerprint density at radius 1 is 0.690 bits per heavy atom. The Morgan fingerprint density at radius 3 is 1.62 bits per heavy atom. The molecule has 0 saturated heterocycles. The molecular formula is C26H33Br2N. The van der Waals surface area contributed by atoms with Crippen LogP contribution in [0.25, 0.3) is 0 Å². The maximum Gasteiger partial charge on any atom is 0.0991 e. The van der Waals surface area contributed by atoms with Gasteiger partial charge in [0.05, 0.1) is 21.3 Å². The Labute approximate surface area is 194 Å². The van der Waals surface area contributed by atoms with E-state index in [1.54, 1.807) is 0 Å². The van der Waals surface area contributed by atoms with Crippen molar-refractivity contribution >= 4 is 31.9 Å². The second-order valence-electron chi connectivity index (χ2n) is 7.86. The van der Waals surface area contributed by atoms with Crippen LogP contribution in [0.2, 0.25) is 0 Å². The Balaban J connectivity index is 1.72. The van der Waals surface area contributed by atoms with Crippen LogP contribution in [0.5, 0.6) is 0 Å². The Bertz CT molecular complexity index is 731. The number of nitriles is 1. The molecule has 2 aromatic rings. The summed E-state index contributed by atoms with van der Waals surface area (Å²) in [5.74, 6) is 0. The van der Waals surface area contributed by atoms with Crippen molar-refractivity contribution in [2.75, 3.05) is 0 Å². The van der Waals surface area contributed by atoms with Crippen molar-refractivity contribution in [1.29, 1.82) is 5.26 Å². The second kappa shape index (κ2) is 14.0. The van der Waals surface area contributed by atoms with E-state index >= 15 is 0 Å². The number of aryl methyl sites for hydroxylation is 1. The van der Waals surface area contributed by atoms with E-state index < -0.39 is 0 Å². The lowest BCUT2D eigenvalue weighted by atomic mass is 10.00. The molecule has 0 heterocycles. The summed E-state index contributed by atoms with van der Waals surface area (Å²) >= 11 is 7.65. The third kappa shape index (κ3) is 8.65. The van der Waals surface area contributed by atoms with Crippen LogP contribution < -0.4 is 0 Å². The molecule has 0 aromatic heterocycles. The summed E-state index contributed by atoms with van der Waals surface area (Å²) in [6.45, 7) is 2.28. The molecule has 3 heteroatoms. The topological polar surface area (TPSA) is 23.8 Å². The molecular weight excluding hydrogens is 486 g/mol. The van der Waals surface area contributed by atoms with Crippen LogP contribution in [0.15, 0.2) is 48.5 Å². The maximum absolute atomic E-state index is 8.95. The van der Waals surface area contributed by atoms with Crippen LogP contribution in [0, 0.1) is 11.3 Å². The van der Waals surface area contributed by atoms with Crippen molar-refractivity contribution in [2.45, 2.75) is 80.8 Å². The highest BCUT2D eigenvalue weighted by Crippen LogP contribution is 2.42. The predicted molar refractivity (Wildman–Crippen MR) is 132 cm³/mol. The lowest BCUT2D eigenvalue weighted by Gasteiger charge is -2.18. The molecule has 156 valence electrons. The fraction of sp³-hybridized carbons (Fsp3) is 0.500. The average molecular weight is 519 g/mol. The van der Waals surface area contributed by atoms with Crippen LogP contribution in [-0.2, 0) is 6.42 Å². The van der Waals surface area contributed by atoms with Crippen LogP contribution in [0.4, 0.5) is 0 Å². The van der Waals surface area contributed by atoms with E-state index in [1.807, 2.05) is 24.3 Å². The molecule has 29 heavy (non-hydrogen) atoms. The summed E-state index contributed by atoms with van der Waals surface area (Å²) in [6.07, 6.45) is 13.6. The van der Waals surface area contributed by atoms with E-state index in [4.69, 9.17) is 5.26 Å². The first kappa shape index (κ1) is 24.2. The van der Waals surface area contributed by atoms with Gasteiger partial charge in [-0.2, -0.15) is 5.26 Å². The molecule has 0 fully saturated rings. The summed E-state index contributed by atoms with van der Waals surface area (Å²) in [5.41, 5.74) is 4.57. The van der Waals surface area contributed by atoms with Gasteiger partial charge in [0.2, 0.25) is 0 Å². The summed E-state index contributed by atoms with van der Waals surface area (Å²) in [7, 11) is 0. The van der Waals surface area contributed by atoms with Gasteiger partial charge in [-0.15, -0.1) is 0 Å². The van der Waals surface area contributed by atoms with Gasteiger partial charge in [0, 0.05) is 0 Å². The zero-order valence-corrected chi connectivity index (χ0v) is 20.7. The number of hydrogen-bond donors (Lipinski definition) is 0. The summed E-state index contributed by atoms with van der Waals surface area (Å²) in [6, 6.07) is 19.0. The van der Waals surface area contributed by atoms with Gasteiger partial charge in [0.25, 0.3) is 0 Å². The van der Waals surface area contributed by atoms with Crippen molar-refractivity contribution < 1.29 is 0 Å². The lowest BCUT2D eigenvalue weighted by Crippen LogP contribution is -2.00. The minimum absolute atomic E-state index is 0.165. The average Bonchev–Trinajstić information content (AvgIpc) is 2.77. The van der Waals surface area contributed by atoms with Crippen molar-refractivity contribution in [3.63, 3.8) is 0 Å². The number of halogens is 2. The van der Waals surface area contributed by atoms with Crippen molar-refractivity contribution in [2.24, 2.45) is 0 Å². The Hall–Kier alpha value is -1.11. The second-order valence-corrected chi connectivity index (χ2v) is 9.83. The van der Waals surface area contributed by atoms with Gasteiger partial charge in [-0.3, -0.25) is 0 Å². The summed E-state index contributed by atoms with van der Waals surface area (Å²) in [4.78, 5) is 0.357. The first-order valence-corrected chi connectivity index (χ1v) is 12.9. The largest absolute Gasteiger partial charge is 0.192 e. The first-order chi connectivity index (χ1) is 14.2. The third-order valence-corrected chi connectivity index (χ3v) is 8.31. The zero-order chi connectivity index (χ0) is 20.9. The minimum atomic E-state index is 0.165. The normalized spacial score (nSPS) is 13.0. The monoisotopic (exact) mass is 517 g/mol. The SMILES string of the molecule is CCCCCCCCCCCc1ccc(C(Br)C(Br)c2ccc(C#N)cc2)cc1. The molecule has 0 bridgehead atoms. The van der Waals surface area contributed by atoms with Gasteiger partial charge >= 0.3 is 0 Å². The highest BCUT2D eigenvalue weighted by atomic mass is 79.9. The molecule has 0 radical (unpaired) electrons. The van der Waals surface area contributed by atoms with Gasteiger partial charge < -0.3 is 0 Å². The Kier molecular flexibility index (Phi) is 11.7. The number of unbranched alkanes of at least 4 members (excludes halogenated alkanes) is 8. The van der Waals surface area contributed by atoms with E-state index in [-0.39, 0.29) is 9.65 Å². The lowest BCUT2D eigenvalue weighted by molar-refractivity contribution is 0.565. The van der Waals surface area contributed by atoms with Crippen LogP contribution in [0.3, 0.4) is 0 Å². The maximum atomic E-state index is 8.95.